The fourth-order valence-electron chi connectivity index (χ4n) is 3.69. The van der Waals surface area contributed by atoms with E-state index in [2.05, 4.69) is 21.2 Å². The molecule has 0 spiro atoms. The number of amides is 2. The molecule has 3 N–H and O–H groups in total. The number of nitrogens with zero attached hydrogens (tertiary/aromatic N) is 1. The number of benzene rings is 2. The normalized spacial score (nSPS) is 19.4. The third kappa shape index (κ3) is 3.89. The molecule has 162 valence electrons. The van der Waals surface area contributed by atoms with E-state index in [1.165, 1.54) is 0 Å². The zero-order valence-electron chi connectivity index (χ0n) is 17.7. The zero-order chi connectivity index (χ0) is 22.2. The Labute approximate surface area is 190 Å². The van der Waals surface area contributed by atoms with Gasteiger partial charge in [-0.25, -0.2) is 5.43 Å². The van der Waals surface area contributed by atoms with Gasteiger partial charge in [-0.05, 0) is 50.1 Å². The van der Waals surface area contributed by atoms with E-state index in [4.69, 9.17) is 4.74 Å². The third-order valence-electron chi connectivity index (χ3n) is 5.53. The second-order valence-corrected chi connectivity index (χ2v) is 8.95. The Morgan fingerprint density at radius 3 is 2.75 bits per heavy atom. The van der Waals surface area contributed by atoms with Crippen molar-refractivity contribution in [2.24, 2.45) is 11.0 Å². The smallest absolute Gasteiger partial charge is 0.275 e. The van der Waals surface area contributed by atoms with Crippen molar-refractivity contribution < 1.29 is 14.3 Å². The van der Waals surface area contributed by atoms with Crippen molar-refractivity contribution in [3.8, 4) is 5.75 Å². The highest BCUT2D eigenvalue weighted by molar-refractivity contribution is 8.08. The summed E-state index contributed by atoms with van der Waals surface area (Å²) in [7, 11) is 1.60. The number of hydrogen-bond acceptors (Lipinski definition) is 6. The van der Waals surface area contributed by atoms with Gasteiger partial charge in [-0.1, -0.05) is 30.0 Å². The topological polar surface area (TPSA) is 91.8 Å². The average molecular weight is 447 g/mol. The lowest BCUT2D eigenvalue weighted by molar-refractivity contribution is -0.117. The Morgan fingerprint density at radius 1 is 1.22 bits per heavy atom. The van der Waals surface area contributed by atoms with Gasteiger partial charge in [0.05, 0.1) is 29.8 Å². The van der Waals surface area contributed by atoms with Gasteiger partial charge in [0.1, 0.15) is 5.75 Å². The first-order chi connectivity index (χ1) is 15.5. The molecule has 2 aromatic carbocycles. The maximum Gasteiger partial charge on any atom is 0.275 e. The van der Waals surface area contributed by atoms with Crippen LogP contribution < -0.4 is 20.8 Å². The molecule has 2 heterocycles. The van der Waals surface area contributed by atoms with E-state index in [1.807, 2.05) is 55.5 Å². The van der Waals surface area contributed by atoms with Crippen LogP contribution in [0.15, 0.2) is 69.8 Å². The number of carbonyl (C=O) groups excluding carboxylic acids is 2. The van der Waals surface area contributed by atoms with Gasteiger partial charge < -0.3 is 15.4 Å². The first-order valence-electron chi connectivity index (χ1n) is 10.4. The Kier molecular flexibility index (Phi) is 5.22. The molecule has 0 saturated heterocycles. The number of methoxy groups -OCH3 is 1. The molecule has 0 aromatic heterocycles. The number of carbonyl (C=O) groups is 2. The number of thioether (sulfide) groups is 1. The fourth-order valence-corrected chi connectivity index (χ4v) is 4.71. The quantitative estimate of drug-likeness (QED) is 0.594. The van der Waals surface area contributed by atoms with Crippen LogP contribution in [0.1, 0.15) is 25.3 Å². The molecule has 32 heavy (non-hydrogen) atoms. The molecule has 0 atom stereocenters. The van der Waals surface area contributed by atoms with Crippen LogP contribution >= 0.6 is 11.8 Å². The molecule has 0 unspecified atom stereocenters. The van der Waals surface area contributed by atoms with Gasteiger partial charge in [0.15, 0.2) is 0 Å². The highest BCUT2D eigenvalue weighted by atomic mass is 32.2. The number of allylic oxidation sites excluding steroid dienone is 1. The second-order valence-electron chi connectivity index (χ2n) is 7.83. The third-order valence-corrected chi connectivity index (χ3v) is 6.57. The standard InChI is InChI=1S/C24H22N4O3S/c1-13-22(24(30)28-27-13)19-12-21(16-5-3-4-6-17(16)25-19)32-15-9-10-18(20(11-15)31-2)26-23(29)14-7-8-14/h3-6,9-12,14,25H,7-8H2,1-2H3,(H,26,29)(H,28,30)/b22-19-. The summed E-state index contributed by atoms with van der Waals surface area (Å²) in [6.07, 6.45) is 3.87. The maximum absolute atomic E-state index is 12.3. The van der Waals surface area contributed by atoms with E-state index in [9.17, 15) is 9.59 Å². The molecular weight excluding hydrogens is 424 g/mol. The minimum atomic E-state index is -0.220. The van der Waals surface area contributed by atoms with E-state index >= 15 is 0 Å². The predicted octanol–water partition coefficient (Wildman–Crippen LogP) is 4.36. The van der Waals surface area contributed by atoms with Crippen molar-refractivity contribution in [2.75, 3.05) is 17.7 Å². The number of para-hydroxylation sites is 1. The molecule has 8 heteroatoms. The summed E-state index contributed by atoms with van der Waals surface area (Å²) < 4.78 is 5.54. The zero-order valence-corrected chi connectivity index (χ0v) is 18.5. The monoisotopic (exact) mass is 446 g/mol. The molecule has 5 rings (SSSR count). The molecule has 2 aromatic rings. The Balaban J connectivity index is 1.49. The highest BCUT2D eigenvalue weighted by Crippen LogP contribution is 2.44. The minimum Gasteiger partial charge on any atom is -0.495 e. The van der Waals surface area contributed by atoms with Crippen LogP contribution in [0.2, 0.25) is 0 Å². The van der Waals surface area contributed by atoms with Gasteiger partial charge in [0.25, 0.3) is 5.91 Å². The van der Waals surface area contributed by atoms with Crippen LogP contribution in [0.4, 0.5) is 11.4 Å². The van der Waals surface area contributed by atoms with E-state index in [1.54, 1.807) is 18.9 Å². The summed E-state index contributed by atoms with van der Waals surface area (Å²) in [5, 5.41) is 10.4. The van der Waals surface area contributed by atoms with Gasteiger partial charge in [0.2, 0.25) is 5.91 Å². The first kappa shape index (κ1) is 20.4. The van der Waals surface area contributed by atoms with Gasteiger partial charge in [-0.15, -0.1) is 0 Å². The van der Waals surface area contributed by atoms with Crippen LogP contribution in [0.25, 0.3) is 4.91 Å². The Hall–Kier alpha value is -3.52. The summed E-state index contributed by atoms with van der Waals surface area (Å²) in [6, 6.07) is 13.7. The highest BCUT2D eigenvalue weighted by Gasteiger charge is 2.30. The lowest BCUT2D eigenvalue weighted by Crippen LogP contribution is -2.18. The summed E-state index contributed by atoms with van der Waals surface area (Å²) in [6.45, 7) is 1.81. The molecule has 0 radical (unpaired) electrons. The van der Waals surface area contributed by atoms with Crippen LogP contribution in [-0.2, 0) is 9.59 Å². The van der Waals surface area contributed by atoms with Crippen LogP contribution in [0.3, 0.4) is 0 Å². The van der Waals surface area contributed by atoms with Crippen LogP contribution in [0.5, 0.6) is 5.75 Å². The number of ether oxygens (including phenoxy) is 1. The van der Waals surface area contributed by atoms with Gasteiger partial charge in [-0.3, -0.25) is 9.59 Å². The summed E-state index contributed by atoms with van der Waals surface area (Å²) in [5.74, 6) is 0.559. The van der Waals surface area contributed by atoms with Crippen LogP contribution in [0, 0.1) is 5.92 Å². The molecule has 1 fully saturated rings. The second kappa shape index (κ2) is 8.20. The number of hydrazone groups is 1. The molecule has 3 aliphatic rings. The van der Waals surface area contributed by atoms with Crippen molar-refractivity contribution in [1.82, 2.24) is 5.43 Å². The number of nitrogens with one attached hydrogen (secondary N) is 3. The predicted molar refractivity (Wildman–Crippen MR) is 127 cm³/mol. The van der Waals surface area contributed by atoms with Crippen molar-refractivity contribution in [3.05, 3.63) is 65.4 Å². The molecule has 0 bridgehead atoms. The minimum absolute atomic E-state index is 0.0434. The molecule has 2 amide bonds. The van der Waals surface area contributed by atoms with Crippen molar-refractivity contribution >= 4 is 45.6 Å². The lowest BCUT2D eigenvalue weighted by Gasteiger charge is -2.22. The lowest BCUT2D eigenvalue weighted by atomic mass is 10.0. The molecule has 7 nitrogen and oxygen atoms in total. The first-order valence-corrected chi connectivity index (χ1v) is 11.2. The fraction of sp³-hybridized carbons (Fsp3) is 0.208. The molecule has 2 aliphatic heterocycles. The average Bonchev–Trinajstić information content (AvgIpc) is 3.59. The van der Waals surface area contributed by atoms with Gasteiger partial charge in [0, 0.05) is 27.0 Å². The van der Waals surface area contributed by atoms with Crippen molar-refractivity contribution in [2.45, 2.75) is 24.7 Å². The van der Waals surface area contributed by atoms with Gasteiger partial charge in [-0.2, -0.15) is 5.10 Å². The number of anilines is 2. The van der Waals surface area contributed by atoms with E-state index in [0.29, 0.717) is 28.4 Å². The molecular formula is C24H22N4O3S. The largest absolute Gasteiger partial charge is 0.495 e. The number of hydrogen-bond donors (Lipinski definition) is 3. The summed E-state index contributed by atoms with van der Waals surface area (Å²) >= 11 is 1.57. The van der Waals surface area contributed by atoms with Gasteiger partial charge >= 0.3 is 0 Å². The Bertz CT molecular complexity index is 1230. The molecule has 1 saturated carbocycles. The molecule has 1 aliphatic carbocycles. The SMILES string of the molecule is COc1cc(SC2=C/C(=C3/C(=O)NN=C3C)Nc3ccccc32)ccc1NC(=O)C1CC1. The maximum atomic E-state index is 12.3. The van der Waals surface area contributed by atoms with E-state index < -0.39 is 0 Å². The summed E-state index contributed by atoms with van der Waals surface area (Å²) in [5.41, 5.74) is 7.05. The van der Waals surface area contributed by atoms with Crippen molar-refractivity contribution in [1.29, 1.82) is 0 Å². The van der Waals surface area contributed by atoms with Crippen LogP contribution in [-0.4, -0.2) is 24.6 Å². The number of rotatable bonds is 5. The number of fused-ring (bicyclic) bond motifs is 1. The Morgan fingerprint density at radius 2 is 2.03 bits per heavy atom. The van der Waals surface area contributed by atoms with Crippen molar-refractivity contribution in [3.63, 3.8) is 0 Å². The van der Waals surface area contributed by atoms with E-state index in [-0.39, 0.29) is 17.7 Å². The van der Waals surface area contributed by atoms with E-state index in [0.717, 1.165) is 33.9 Å². The summed E-state index contributed by atoms with van der Waals surface area (Å²) in [4.78, 5) is 26.4.